The number of benzene rings is 1. The lowest BCUT2D eigenvalue weighted by atomic mass is 9.96. The molecule has 1 atom stereocenters. The van der Waals surface area contributed by atoms with Gasteiger partial charge in [0.2, 0.25) is 0 Å². The fourth-order valence-corrected chi connectivity index (χ4v) is 3.84. The van der Waals surface area contributed by atoms with E-state index >= 15 is 0 Å². The highest BCUT2D eigenvalue weighted by atomic mass is 16.5. The lowest BCUT2D eigenvalue weighted by Gasteiger charge is -2.32. The van der Waals surface area contributed by atoms with E-state index in [1.165, 1.54) is 11.3 Å². The Labute approximate surface area is 160 Å². The number of piperidine rings is 1. The molecule has 142 valence electrons. The summed E-state index contributed by atoms with van der Waals surface area (Å²) >= 11 is 0. The van der Waals surface area contributed by atoms with Crippen molar-refractivity contribution in [2.45, 2.75) is 31.7 Å². The fraction of sp³-hybridized carbons (Fsp3) is 0.476. The molecule has 1 fully saturated rings. The smallest absolute Gasteiger partial charge is 0.260 e. The van der Waals surface area contributed by atoms with Gasteiger partial charge in [-0.25, -0.2) is 9.97 Å². The van der Waals surface area contributed by atoms with Crippen LogP contribution in [0, 0.1) is 0 Å². The molecule has 1 saturated heterocycles. The molecule has 0 saturated carbocycles. The van der Waals surface area contributed by atoms with Gasteiger partial charge in [-0.15, -0.1) is 0 Å². The third kappa shape index (κ3) is 4.27. The molecule has 1 unspecified atom stereocenters. The van der Waals surface area contributed by atoms with E-state index in [1.807, 2.05) is 41.4 Å². The van der Waals surface area contributed by atoms with Gasteiger partial charge in [-0.05, 0) is 32.0 Å². The molecule has 2 aromatic rings. The number of para-hydroxylation sites is 1. The average molecular weight is 366 g/mol. The van der Waals surface area contributed by atoms with Gasteiger partial charge in [0.1, 0.15) is 11.6 Å². The molecule has 1 amide bonds. The highest BCUT2D eigenvalue weighted by Crippen LogP contribution is 2.26. The minimum absolute atomic E-state index is 0.0307. The Hall–Kier alpha value is -2.47. The highest BCUT2D eigenvalue weighted by molar-refractivity contribution is 5.78. The van der Waals surface area contributed by atoms with Gasteiger partial charge in [-0.3, -0.25) is 4.79 Å². The molecule has 1 aromatic heterocycles. The van der Waals surface area contributed by atoms with Crippen LogP contribution in [-0.4, -0.2) is 59.0 Å². The molecule has 2 aliphatic heterocycles. The summed E-state index contributed by atoms with van der Waals surface area (Å²) in [5.74, 6) is 1.86. The molecule has 0 spiro atoms. The number of ether oxygens (including phenoxy) is 1. The Balaban J connectivity index is 1.38. The van der Waals surface area contributed by atoms with E-state index in [9.17, 15) is 4.79 Å². The van der Waals surface area contributed by atoms with Crippen LogP contribution in [0.25, 0.3) is 0 Å². The van der Waals surface area contributed by atoms with Crippen LogP contribution >= 0.6 is 0 Å². The summed E-state index contributed by atoms with van der Waals surface area (Å²) in [6, 6.07) is 9.47. The molecule has 0 aliphatic carbocycles. The summed E-state index contributed by atoms with van der Waals surface area (Å²) < 4.78 is 5.62. The quantitative estimate of drug-likeness (QED) is 0.831. The van der Waals surface area contributed by atoms with Crippen molar-refractivity contribution in [3.63, 3.8) is 0 Å². The zero-order chi connectivity index (χ0) is 18.6. The number of carbonyl (C=O) groups is 1. The van der Waals surface area contributed by atoms with E-state index in [0.29, 0.717) is 6.54 Å². The summed E-state index contributed by atoms with van der Waals surface area (Å²) in [4.78, 5) is 26.2. The zero-order valence-corrected chi connectivity index (χ0v) is 15.8. The van der Waals surface area contributed by atoms with Gasteiger partial charge in [0, 0.05) is 56.0 Å². The first kappa shape index (κ1) is 17.9. The average Bonchev–Trinajstić information content (AvgIpc) is 2.72. The van der Waals surface area contributed by atoms with Crippen LogP contribution in [0.1, 0.15) is 35.8 Å². The third-order valence-corrected chi connectivity index (χ3v) is 5.39. The SMILES string of the molecule is CN1CCc2nc(C3CCCN(C(=O)COc4ccccc4)C3)ncc2C1. The maximum Gasteiger partial charge on any atom is 0.260 e. The lowest BCUT2D eigenvalue weighted by molar-refractivity contribution is -0.134. The van der Waals surface area contributed by atoms with E-state index in [0.717, 1.165) is 50.5 Å². The largest absolute Gasteiger partial charge is 0.484 e. The number of aromatic nitrogens is 2. The molecule has 6 heteroatoms. The molecule has 2 aliphatic rings. The zero-order valence-electron chi connectivity index (χ0n) is 15.8. The van der Waals surface area contributed by atoms with Gasteiger partial charge in [-0.2, -0.15) is 0 Å². The van der Waals surface area contributed by atoms with Crippen LogP contribution < -0.4 is 4.74 Å². The number of amides is 1. The minimum atomic E-state index is 0.0307. The Kier molecular flexibility index (Phi) is 5.34. The standard InChI is InChI=1S/C21H26N4O2/c1-24-11-9-19-17(13-24)12-22-21(23-19)16-6-5-10-25(14-16)20(26)15-27-18-7-3-2-4-8-18/h2-4,7-8,12,16H,5-6,9-11,13-15H2,1H3. The Morgan fingerprint density at radius 1 is 1.26 bits per heavy atom. The Morgan fingerprint density at radius 3 is 2.96 bits per heavy atom. The van der Waals surface area contributed by atoms with Crippen LogP contribution in [0.5, 0.6) is 5.75 Å². The monoisotopic (exact) mass is 366 g/mol. The number of likely N-dealkylation sites (N-methyl/N-ethyl adjacent to an activating group) is 1. The minimum Gasteiger partial charge on any atom is -0.484 e. The third-order valence-electron chi connectivity index (χ3n) is 5.39. The normalized spacial score (nSPS) is 20.2. The maximum atomic E-state index is 12.6. The van der Waals surface area contributed by atoms with Crippen LogP contribution in [0.15, 0.2) is 36.5 Å². The summed E-state index contributed by atoms with van der Waals surface area (Å²) in [7, 11) is 2.12. The predicted octanol–water partition coefficient (Wildman–Crippen LogP) is 2.25. The fourth-order valence-electron chi connectivity index (χ4n) is 3.84. The number of fused-ring (bicyclic) bond motifs is 1. The van der Waals surface area contributed by atoms with Gasteiger partial charge in [0.15, 0.2) is 6.61 Å². The Morgan fingerprint density at radius 2 is 2.11 bits per heavy atom. The van der Waals surface area contributed by atoms with Crippen LogP contribution in [0.3, 0.4) is 0 Å². The van der Waals surface area contributed by atoms with Crippen molar-refractivity contribution in [2.24, 2.45) is 0 Å². The first-order valence-corrected chi connectivity index (χ1v) is 9.68. The molecule has 27 heavy (non-hydrogen) atoms. The second kappa shape index (κ2) is 8.05. The number of rotatable bonds is 4. The molecule has 1 aromatic carbocycles. The van der Waals surface area contributed by atoms with Crippen molar-refractivity contribution >= 4 is 5.91 Å². The van der Waals surface area contributed by atoms with Crippen LogP contribution in [0.4, 0.5) is 0 Å². The first-order valence-electron chi connectivity index (χ1n) is 9.68. The van der Waals surface area contributed by atoms with Crippen molar-refractivity contribution in [1.82, 2.24) is 19.8 Å². The molecule has 4 rings (SSSR count). The van der Waals surface area contributed by atoms with Gasteiger partial charge in [0.25, 0.3) is 5.91 Å². The molecule has 3 heterocycles. The second-order valence-electron chi connectivity index (χ2n) is 7.47. The molecule has 6 nitrogen and oxygen atoms in total. The van der Waals surface area contributed by atoms with Crippen molar-refractivity contribution < 1.29 is 9.53 Å². The van der Waals surface area contributed by atoms with E-state index in [1.54, 1.807) is 0 Å². The van der Waals surface area contributed by atoms with E-state index in [4.69, 9.17) is 9.72 Å². The molecular weight excluding hydrogens is 340 g/mol. The van der Waals surface area contributed by atoms with Crippen molar-refractivity contribution in [1.29, 1.82) is 0 Å². The van der Waals surface area contributed by atoms with E-state index < -0.39 is 0 Å². The number of nitrogens with zero attached hydrogens (tertiary/aromatic N) is 4. The summed E-state index contributed by atoms with van der Waals surface area (Å²) in [6.45, 7) is 3.49. The van der Waals surface area contributed by atoms with Gasteiger partial charge in [0.05, 0.1) is 0 Å². The molecule has 0 bridgehead atoms. The lowest BCUT2D eigenvalue weighted by Crippen LogP contribution is -2.42. The van der Waals surface area contributed by atoms with E-state index in [2.05, 4.69) is 16.9 Å². The summed E-state index contributed by atoms with van der Waals surface area (Å²) in [6.07, 6.45) is 4.96. The number of hydrogen-bond acceptors (Lipinski definition) is 5. The summed E-state index contributed by atoms with van der Waals surface area (Å²) in [5, 5.41) is 0. The van der Waals surface area contributed by atoms with Gasteiger partial charge in [-0.1, -0.05) is 18.2 Å². The first-order chi connectivity index (χ1) is 13.2. The van der Waals surface area contributed by atoms with Crippen molar-refractivity contribution in [3.8, 4) is 5.75 Å². The number of likely N-dealkylation sites (tertiary alicyclic amines) is 1. The van der Waals surface area contributed by atoms with Crippen molar-refractivity contribution in [3.05, 3.63) is 53.6 Å². The predicted molar refractivity (Wildman–Crippen MR) is 103 cm³/mol. The van der Waals surface area contributed by atoms with Crippen molar-refractivity contribution in [2.75, 3.05) is 33.3 Å². The molecule has 0 radical (unpaired) electrons. The molecular formula is C21H26N4O2. The highest BCUT2D eigenvalue weighted by Gasteiger charge is 2.27. The topological polar surface area (TPSA) is 58.6 Å². The van der Waals surface area contributed by atoms with Crippen LogP contribution in [0.2, 0.25) is 0 Å². The summed E-state index contributed by atoms with van der Waals surface area (Å²) in [5.41, 5.74) is 2.40. The Bertz CT molecular complexity index is 796. The maximum absolute atomic E-state index is 12.6. The van der Waals surface area contributed by atoms with Gasteiger partial charge >= 0.3 is 0 Å². The van der Waals surface area contributed by atoms with E-state index in [-0.39, 0.29) is 18.4 Å². The van der Waals surface area contributed by atoms with Gasteiger partial charge < -0.3 is 14.5 Å². The van der Waals surface area contributed by atoms with Crippen LogP contribution in [-0.2, 0) is 17.8 Å². The second-order valence-corrected chi connectivity index (χ2v) is 7.47. The number of carbonyl (C=O) groups excluding carboxylic acids is 1. The molecule has 0 N–H and O–H groups in total. The number of hydrogen-bond donors (Lipinski definition) is 0.